The molecule has 0 radical (unpaired) electrons. The summed E-state index contributed by atoms with van der Waals surface area (Å²) in [6.45, 7) is 4.10. The van der Waals surface area contributed by atoms with Gasteiger partial charge in [-0.05, 0) is 61.9 Å². The number of aromatic nitrogens is 1. The van der Waals surface area contributed by atoms with Crippen molar-refractivity contribution in [2.45, 2.75) is 20.5 Å². The van der Waals surface area contributed by atoms with E-state index in [1.54, 1.807) is 47.0 Å². The maximum absolute atomic E-state index is 14.2. The van der Waals surface area contributed by atoms with E-state index in [4.69, 9.17) is 4.74 Å². The third kappa shape index (κ3) is 5.85. The van der Waals surface area contributed by atoms with Gasteiger partial charge in [0.05, 0.1) is 11.9 Å². The van der Waals surface area contributed by atoms with Gasteiger partial charge in [-0.3, -0.25) is 9.59 Å². The molecule has 4 rings (SSSR count). The highest BCUT2D eigenvalue weighted by Crippen LogP contribution is 2.22. The smallest absolute Gasteiger partial charge is 0.329 e. The number of nitrogens with zero attached hydrogens (tertiary/aromatic N) is 2. The van der Waals surface area contributed by atoms with E-state index in [9.17, 15) is 14.0 Å². The molecule has 0 atom stereocenters. The summed E-state index contributed by atoms with van der Waals surface area (Å²) in [6.07, 6.45) is 1.42. The van der Waals surface area contributed by atoms with Crippen LogP contribution in [0.15, 0.2) is 90.0 Å². The molecule has 3 aromatic carbocycles. The van der Waals surface area contributed by atoms with Crippen molar-refractivity contribution in [1.82, 2.24) is 9.99 Å². The van der Waals surface area contributed by atoms with E-state index in [2.05, 4.69) is 15.8 Å². The number of para-hydroxylation sites is 1. The zero-order valence-electron chi connectivity index (χ0n) is 19.9. The molecule has 1 heterocycles. The van der Waals surface area contributed by atoms with Crippen molar-refractivity contribution < 1.29 is 18.7 Å². The first-order chi connectivity index (χ1) is 17.4. The molecule has 0 saturated heterocycles. The van der Waals surface area contributed by atoms with Crippen LogP contribution in [0.25, 0.3) is 5.69 Å². The van der Waals surface area contributed by atoms with Crippen molar-refractivity contribution in [3.8, 4) is 11.4 Å². The Morgan fingerprint density at radius 1 is 0.944 bits per heavy atom. The topological polar surface area (TPSA) is 84.7 Å². The summed E-state index contributed by atoms with van der Waals surface area (Å²) in [5, 5.41) is 6.41. The molecule has 36 heavy (non-hydrogen) atoms. The average Bonchev–Trinajstić information content (AvgIpc) is 3.17. The van der Waals surface area contributed by atoms with Crippen LogP contribution in [0, 0.1) is 19.7 Å². The second-order valence-corrected chi connectivity index (χ2v) is 8.07. The summed E-state index contributed by atoms with van der Waals surface area (Å²) in [7, 11) is 0. The fourth-order valence-electron chi connectivity index (χ4n) is 3.70. The lowest BCUT2D eigenvalue weighted by Gasteiger charge is -2.10. The van der Waals surface area contributed by atoms with Crippen LogP contribution in [0.1, 0.15) is 22.5 Å². The molecule has 2 amide bonds. The Balaban J connectivity index is 1.31. The summed E-state index contributed by atoms with van der Waals surface area (Å²) in [6, 6.07) is 24.8. The minimum Gasteiger partial charge on any atom is -0.489 e. The molecular weight excluding hydrogens is 459 g/mol. The number of anilines is 1. The second-order valence-electron chi connectivity index (χ2n) is 8.07. The summed E-state index contributed by atoms with van der Waals surface area (Å²) >= 11 is 0. The van der Waals surface area contributed by atoms with E-state index in [1.165, 1.54) is 12.3 Å². The van der Waals surface area contributed by atoms with E-state index in [1.807, 2.05) is 50.2 Å². The predicted octanol–water partition coefficient (Wildman–Crippen LogP) is 4.90. The van der Waals surface area contributed by atoms with E-state index in [0.29, 0.717) is 29.3 Å². The highest BCUT2D eigenvalue weighted by atomic mass is 19.1. The number of benzene rings is 3. The molecule has 0 spiro atoms. The normalized spacial score (nSPS) is 10.9. The highest BCUT2D eigenvalue weighted by Gasteiger charge is 2.14. The van der Waals surface area contributed by atoms with Gasteiger partial charge in [0.1, 0.15) is 18.2 Å². The van der Waals surface area contributed by atoms with Crippen LogP contribution in [-0.2, 0) is 16.2 Å². The summed E-state index contributed by atoms with van der Waals surface area (Å²) < 4.78 is 21.7. The molecule has 0 aliphatic carbocycles. The lowest BCUT2D eigenvalue weighted by atomic mass is 10.2. The molecule has 0 aliphatic rings. The van der Waals surface area contributed by atoms with Crippen LogP contribution in [0.4, 0.5) is 10.1 Å². The number of ether oxygens (including phenoxy) is 1. The molecule has 0 unspecified atom stereocenters. The predicted molar refractivity (Wildman–Crippen MR) is 137 cm³/mol. The van der Waals surface area contributed by atoms with Gasteiger partial charge >= 0.3 is 11.8 Å². The van der Waals surface area contributed by atoms with Gasteiger partial charge in [-0.15, -0.1) is 0 Å². The van der Waals surface area contributed by atoms with Gasteiger partial charge in [0.2, 0.25) is 0 Å². The fourth-order valence-corrected chi connectivity index (χ4v) is 3.70. The fraction of sp³-hybridized carbons (Fsp3) is 0.107. The number of carbonyl (C=O) groups is 2. The molecule has 2 N–H and O–H groups in total. The van der Waals surface area contributed by atoms with Gasteiger partial charge in [0, 0.05) is 22.6 Å². The maximum atomic E-state index is 14.2. The summed E-state index contributed by atoms with van der Waals surface area (Å²) in [5.74, 6) is -1.48. The van der Waals surface area contributed by atoms with Gasteiger partial charge in [-0.25, -0.2) is 9.82 Å². The average molecular weight is 485 g/mol. The lowest BCUT2D eigenvalue weighted by molar-refractivity contribution is -0.136. The Labute approximate surface area is 208 Å². The number of halogens is 1. The Hall–Kier alpha value is -4.72. The van der Waals surface area contributed by atoms with Crippen molar-refractivity contribution in [2.75, 3.05) is 5.32 Å². The molecule has 0 bridgehead atoms. The van der Waals surface area contributed by atoms with E-state index >= 15 is 0 Å². The van der Waals surface area contributed by atoms with Crippen molar-refractivity contribution >= 4 is 23.7 Å². The Morgan fingerprint density at radius 2 is 1.64 bits per heavy atom. The number of nitrogens with one attached hydrogen (secondary N) is 2. The van der Waals surface area contributed by atoms with E-state index in [0.717, 1.165) is 17.0 Å². The zero-order chi connectivity index (χ0) is 25.5. The minimum absolute atomic E-state index is 0.344. The van der Waals surface area contributed by atoms with Crippen LogP contribution in [0.5, 0.6) is 5.75 Å². The summed E-state index contributed by atoms with van der Waals surface area (Å²) in [5.41, 5.74) is 6.36. The van der Waals surface area contributed by atoms with Gasteiger partial charge in [0.15, 0.2) is 0 Å². The summed E-state index contributed by atoms with van der Waals surface area (Å²) in [4.78, 5) is 24.4. The largest absolute Gasteiger partial charge is 0.489 e. The third-order valence-electron chi connectivity index (χ3n) is 5.50. The van der Waals surface area contributed by atoms with Gasteiger partial charge in [-0.2, -0.15) is 5.10 Å². The monoisotopic (exact) mass is 484 g/mol. The molecule has 182 valence electrons. The molecule has 1 aromatic heterocycles. The number of hydrogen-bond donors (Lipinski definition) is 2. The third-order valence-corrected chi connectivity index (χ3v) is 5.50. The van der Waals surface area contributed by atoms with Crippen LogP contribution in [0.3, 0.4) is 0 Å². The zero-order valence-corrected chi connectivity index (χ0v) is 19.9. The van der Waals surface area contributed by atoms with Gasteiger partial charge in [0.25, 0.3) is 0 Å². The Morgan fingerprint density at radius 3 is 2.36 bits per heavy atom. The van der Waals surface area contributed by atoms with E-state index in [-0.39, 0.29) is 5.82 Å². The first kappa shape index (κ1) is 24.4. The van der Waals surface area contributed by atoms with Crippen LogP contribution < -0.4 is 15.5 Å². The SMILES string of the molecule is Cc1cc(/C=N\NC(=O)C(=O)Nc2ccc(OCc3ccccc3)cc2)c(C)n1-c1ccccc1F. The first-order valence-electron chi connectivity index (χ1n) is 11.3. The molecule has 0 aliphatic heterocycles. The molecule has 0 saturated carbocycles. The molecular formula is C28H25FN4O3. The van der Waals surface area contributed by atoms with Crippen LogP contribution in [0.2, 0.25) is 0 Å². The van der Waals surface area contributed by atoms with E-state index < -0.39 is 11.8 Å². The first-order valence-corrected chi connectivity index (χ1v) is 11.3. The van der Waals surface area contributed by atoms with Crippen molar-refractivity contribution in [3.05, 3.63) is 113 Å². The van der Waals surface area contributed by atoms with Crippen molar-refractivity contribution in [3.63, 3.8) is 0 Å². The molecule has 4 aromatic rings. The number of amides is 2. The van der Waals surface area contributed by atoms with Gasteiger partial charge in [-0.1, -0.05) is 42.5 Å². The highest BCUT2D eigenvalue weighted by molar-refractivity contribution is 6.39. The lowest BCUT2D eigenvalue weighted by Crippen LogP contribution is -2.32. The second kappa shape index (κ2) is 11.1. The van der Waals surface area contributed by atoms with Crippen molar-refractivity contribution in [2.24, 2.45) is 5.10 Å². The Bertz CT molecular complexity index is 1400. The maximum Gasteiger partial charge on any atom is 0.329 e. The number of aryl methyl sites for hydroxylation is 1. The minimum atomic E-state index is -0.918. The number of hydrazone groups is 1. The number of carbonyl (C=O) groups excluding carboxylic acids is 2. The molecule has 8 heteroatoms. The quantitative estimate of drug-likeness (QED) is 0.222. The standard InChI is InChI=1S/C28H25FN4O3/c1-19-16-22(20(2)33(19)26-11-7-6-10-25(26)29)17-30-32-28(35)27(34)31-23-12-14-24(15-13-23)36-18-21-8-4-3-5-9-21/h3-17H,18H2,1-2H3,(H,31,34)(H,32,35)/b30-17-. The number of rotatable bonds is 7. The van der Waals surface area contributed by atoms with Crippen LogP contribution >= 0.6 is 0 Å². The molecule has 0 fully saturated rings. The van der Waals surface area contributed by atoms with Gasteiger partial charge < -0.3 is 14.6 Å². The van der Waals surface area contributed by atoms with Crippen LogP contribution in [-0.4, -0.2) is 22.6 Å². The Kier molecular flexibility index (Phi) is 7.55. The number of hydrogen-bond acceptors (Lipinski definition) is 4. The van der Waals surface area contributed by atoms with Crippen molar-refractivity contribution in [1.29, 1.82) is 0 Å². The molecule has 7 nitrogen and oxygen atoms in total.